The molecule has 0 unspecified atom stereocenters. The van der Waals surface area contributed by atoms with Crippen LogP contribution < -0.4 is 4.74 Å². The number of rotatable bonds is 2. The van der Waals surface area contributed by atoms with Crippen LogP contribution in [-0.2, 0) is 16.0 Å². The van der Waals surface area contributed by atoms with E-state index in [1.165, 1.54) is 0 Å². The summed E-state index contributed by atoms with van der Waals surface area (Å²) in [7, 11) is 0. The van der Waals surface area contributed by atoms with E-state index in [0.29, 0.717) is 36.6 Å². The van der Waals surface area contributed by atoms with E-state index in [1.807, 2.05) is 0 Å². The van der Waals surface area contributed by atoms with Gasteiger partial charge in [0.1, 0.15) is 5.75 Å². The molecule has 2 aliphatic heterocycles. The number of hydrogen-bond donors (Lipinski definition) is 1. The summed E-state index contributed by atoms with van der Waals surface area (Å²) in [4.78, 5) is 25.2. The van der Waals surface area contributed by atoms with Crippen molar-refractivity contribution in [2.75, 3.05) is 13.1 Å². The molecule has 1 aromatic carbocycles. The van der Waals surface area contributed by atoms with Crippen molar-refractivity contribution in [2.45, 2.75) is 25.4 Å². The maximum absolute atomic E-state index is 12.5. The van der Waals surface area contributed by atoms with Gasteiger partial charge in [0.15, 0.2) is 6.10 Å². The van der Waals surface area contributed by atoms with Crippen LogP contribution in [0.1, 0.15) is 18.4 Å². The van der Waals surface area contributed by atoms with E-state index in [4.69, 9.17) is 21.4 Å². The van der Waals surface area contributed by atoms with Gasteiger partial charge >= 0.3 is 5.97 Å². The number of nitrogens with zero attached hydrogens (tertiary/aromatic N) is 1. The molecule has 0 saturated carbocycles. The Balaban J connectivity index is 1.68. The zero-order valence-corrected chi connectivity index (χ0v) is 12.2. The Kier molecular flexibility index (Phi) is 3.76. The minimum Gasteiger partial charge on any atom is -0.481 e. The molecule has 1 amide bonds. The summed E-state index contributed by atoms with van der Waals surface area (Å²) in [5, 5.41) is 9.71. The topological polar surface area (TPSA) is 66.8 Å². The number of piperidine rings is 1. The lowest BCUT2D eigenvalue weighted by atomic mass is 9.97. The van der Waals surface area contributed by atoms with Crippen molar-refractivity contribution in [3.05, 3.63) is 28.8 Å². The molecule has 0 aromatic heterocycles. The molecule has 0 aliphatic carbocycles. The van der Waals surface area contributed by atoms with Crippen molar-refractivity contribution in [3.8, 4) is 5.75 Å². The smallest absolute Gasteiger partial charge is 0.308 e. The zero-order chi connectivity index (χ0) is 15.0. The number of carboxylic acid groups (broad SMARTS) is 1. The van der Waals surface area contributed by atoms with E-state index in [1.54, 1.807) is 23.1 Å². The van der Waals surface area contributed by atoms with Crippen molar-refractivity contribution in [1.82, 2.24) is 4.90 Å². The molecule has 5 nitrogen and oxygen atoms in total. The van der Waals surface area contributed by atoms with Gasteiger partial charge in [-0.15, -0.1) is 0 Å². The summed E-state index contributed by atoms with van der Waals surface area (Å²) in [6.07, 6.45) is 1.27. The number of halogens is 1. The summed E-state index contributed by atoms with van der Waals surface area (Å²) in [5.74, 6) is -0.756. The highest BCUT2D eigenvalue weighted by Crippen LogP contribution is 2.32. The van der Waals surface area contributed by atoms with Gasteiger partial charge in [-0.25, -0.2) is 0 Å². The average Bonchev–Trinajstić information content (AvgIpc) is 2.89. The number of benzene rings is 1. The molecule has 2 heterocycles. The first-order valence-electron chi connectivity index (χ1n) is 7.01. The number of carboxylic acids is 1. The quantitative estimate of drug-likeness (QED) is 0.907. The first kappa shape index (κ1) is 14.2. The van der Waals surface area contributed by atoms with Crippen molar-refractivity contribution >= 4 is 23.5 Å². The highest BCUT2D eigenvalue weighted by atomic mass is 35.5. The minimum atomic E-state index is -0.838. The summed E-state index contributed by atoms with van der Waals surface area (Å²) in [6.45, 7) is 0.866. The van der Waals surface area contributed by atoms with Crippen LogP contribution in [0.25, 0.3) is 0 Å². The average molecular weight is 310 g/mol. The van der Waals surface area contributed by atoms with Crippen molar-refractivity contribution < 1.29 is 19.4 Å². The Morgan fingerprint density at radius 3 is 2.95 bits per heavy atom. The fraction of sp³-hybridized carbons (Fsp3) is 0.467. The lowest BCUT2D eigenvalue weighted by Gasteiger charge is -2.32. The van der Waals surface area contributed by atoms with Gasteiger partial charge in [-0.3, -0.25) is 9.59 Å². The van der Waals surface area contributed by atoms with E-state index in [9.17, 15) is 9.59 Å². The third-order valence-electron chi connectivity index (χ3n) is 4.05. The number of carbonyl (C=O) groups excluding carboxylic acids is 1. The lowest BCUT2D eigenvalue weighted by Crippen LogP contribution is -2.47. The SMILES string of the molecule is O=C(O)[C@H]1CCCN(C(=O)[C@H]2Cc3cc(Cl)ccc3O2)C1. The van der Waals surface area contributed by atoms with E-state index in [0.717, 1.165) is 5.56 Å². The second-order valence-corrected chi connectivity index (χ2v) is 5.96. The van der Waals surface area contributed by atoms with Gasteiger partial charge in [-0.05, 0) is 36.6 Å². The third kappa shape index (κ3) is 2.83. The largest absolute Gasteiger partial charge is 0.481 e. The first-order valence-corrected chi connectivity index (χ1v) is 7.39. The molecular formula is C15H16ClNO4. The molecule has 0 bridgehead atoms. The standard InChI is InChI=1S/C15H16ClNO4/c16-11-3-4-12-10(6-11)7-13(21-12)14(18)17-5-1-2-9(8-17)15(19)20/h3-4,6,9,13H,1-2,5,7-8H2,(H,19,20)/t9-,13+/m0/s1. The molecule has 2 atom stereocenters. The Labute approximate surface area is 127 Å². The maximum atomic E-state index is 12.5. The molecule has 0 radical (unpaired) electrons. The number of fused-ring (bicyclic) bond motifs is 1. The van der Waals surface area contributed by atoms with E-state index < -0.39 is 18.0 Å². The highest BCUT2D eigenvalue weighted by molar-refractivity contribution is 6.30. The molecule has 2 aliphatic rings. The number of ether oxygens (including phenoxy) is 1. The Hall–Kier alpha value is -1.75. The summed E-state index contributed by atoms with van der Waals surface area (Å²) >= 11 is 5.94. The monoisotopic (exact) mass is 309 g/mol. The molecule has 0 spiro atoms. The molecule has 1 N–H and O–H groups in total. The third-order valence-corrected chi connectivity index (χ3v) is 4.29. The van der Waals surface area contributed by atoms with Crippen LogP contribution in [0.4, 0.5) is 0 Å². The second kappa shape index (κ2) is 5.56. The van der Waals surface area contributed by atoms with Crippen molar-refractivity contribution in [1.29, 1.82) is 0 Å². The Morgan fingerprint density at radius 2 is 2.19 bits per heavy atom. The number of hydrogen-bond acceptors (Lipinski definition) is 3. The van der Waals surface area contributed by atoms with Gasteiger partial charge in [0.25, 0.3) is 5.91 Å². The van der Waals surface area contributed by atoms with Crippen LogP contribution in [0.15, 0.2) is 18.2 Å². The predicted octanol–water partition coefficient (Wildman–Crippen LogP) is 1.97. The van der Waals surface area contributed by atoms with E-state index in [2.05, 4.69) is 0 Å². The van der Waals surface area contributed by atoms with Crippen LogP contribution in [0.3, 0.4) is 0 Å². The zero-order valence-electron chi connectivity index (χ0n) is 11.4. The number of carbonyl (C=O) groups is 2. The molecule has 1 fully saturated rings. The summed E-state index contributed by atoms with van der Waals surface area (Å²) < 4.78 is 5.68. The van der Waals surface area contributed by atoms with Crippen LogP contribution >= 0.6 is 11.6 Å². The van der Waals surface area contributed by atoms with Gasteiger partial charge in [0.05, 0.1) is 5.92 Å². The van der Waals surface area contributed by atoms with Gasteiger partial charge in [0, 0.05) is 24.5 Å². The summed E-state index contributed by atoms with van der Waals surface area (Å²) in [5.41, 5.74) is 0.924. The predicted molar refractivity (Wildman–Crippen MR) is 76.5 cm³/mol. The van der Waals surface area contributed by atoms with E-state index >= 15 is 0 Å². The molecule has 6 heteroatoms. The van der Waals surface area contributed by atoms with Gasteiger partial charge in [-0.1, -0.05) is 11.6 Å². The van der Waals surface area contributed by atoms with Gasteiger partial charge < -0.3 is 14.7 Å². The maximum Gasteiger partial charge on any atom is 0.308 e. The first-order chi connectivity index (χ1) is 10.0. The number of likely N-dealkylation sites (tertiary alicyclic amines) is 1. The normalized spacial score (nSPS) is 24.3. The van der Waals surface area contributed by atoms with Gasteiger partial charge in [0.2, 0.25) is 0 Å². The molecule has 3 rings (SSSR count). The lowest BCUT2D eigenvalue weighted by molar-refractivity contribution is -0.147. The van der Waals surface area contributed by atoms with Crippen LogP contribution in [0, 0.1) is 5.92 Å². The minimum absolute atomic E-state index is 0.131. The molecule has 21 heavy (non-hydrogen) atoms. The number of aliphatic carboxylic acids is 1. The van der Waals surface area contributed by atoms with Crippen molar-refractivity contribution in [3.63, 3.8) is 0 Å². The van der Waals surface area contributed by atoms with Gasteiger partial charge in [-0.2, -0.15) is 0 Å². The van der Waals surface area contributed by atoms with Crippen LogP contribution in [0.2, 0.25) is 5.02 Å². The Morgan fingerprint density at radius 1 is 1.38 bits per heavy atom. The fourth-order valence-corrected chi connectivity index (χ4v) is 3.13. The summed E-state index contributed by atoms with van der Waals surface area (Å²) in [6, 6.07) is 5.30. The van der Waals surface area contributed by atoms with E-state index in [-0.39, 0.29) is 12.5 Å². The van der Waals surface area contributed by atoms with Crippen molar-refractivity contribution in [2.24, 2.45) is 5.92 Å². The highest BCUT2D eigenvalue weighted by Gasteiger charge is 2.35. The molecule has 112 valence electrons. The molecular weight excluding hydrogens is 294 g/mol. The number of amides is 1. The molecule has 1 saturated heterocycles. The van der Waals surface area contributed by atoms with Crippen LogP contribution in [-0.4, -0.2) is 41.1 Å². The Bertz CT molecular complexity index is 589. The molecule has 1 aromatic rings. The second-order valence-electron chi connectivity index (χ2n) is 5.52. The fourth-order valence-electron chi connectivity index (χ4n) is 2.94. The van der Waals surface area contributed by atoms with Crippen LogP contribution in [0.5, 0.6) is 5.75 Å².